The van der Waals surface area contributed by atoms with Gasteiger partial charge >= 0.3 is 0 Å². The van der Waals surface area contributed by atoms with Gasteiger partial charge in [-0.1, -0.05) is 6.92 Å². The smallest absolute Gasteiger partial charge is 0.128 e. The van der Waals surface area contributed by atoms with Crippen LogP contribution in [0.4, 0.5) is 0 Å². The topological polar surface area (TPSA) is 60.7 Å². The van der Waals surface area contributed by atoms with E-state index in [0.29, 0.717) is 17.6 Å². The highest BCUT2D eigenvalue weighted by Gasteiger charge is 2.27. The van der Waals surface area contributed by atoms with Gasteiger partial charge in [0, 0.05) is 0 Å². The predicted octanol–water partition coefficient (Wildman–Crippen LogP) is -0.733. The molecule has 1 atom stereocenters. The molecule has 0 aromatic rings. The van der Waals surface area contributed by atoms with E-state index in [1.54, 1.807) is 0 Å². The van der Waals surface area contributed by atoms with Crippen molar-refractivity contribution in [3.8, 4) is 0 Å². The molecule has 0 spiro atoms. The quantitative estimate of drug-likeness (QED) is 0.431. The van der Waals surface area contributed by atoms with Crippen LogP contribution in [0.3, 0.4) is 0 Å². The number of hydrogen-bond donors (Lipinski definition) is 3. The van der Waals surface area contributed by atoms with E-state index in [1.807, 2.05) is 0 Å². The first-order valence-corrected chi connectivity index (χ1v) is 6.95. The lowest BCUT2D eigenvalue weighted by atomic mass is 10.3. The van der Waals surface area contributed by atoms with E-state index >= 15 is 0 Å². The lowest BCUT2D eigenvalue weighted by Crippen LogP contribution is -2.57. The summed E-state index contributed by atoms with van der Waals surface area (Å²) in [6, 6.07) is 0. The standard InChI is InChI=1S/C13H32N2O3/c1-4-5-14(2,8-11-16)6-7-15(3,9-12-17)10-13-18/h16-18H,4-13H2,1-3H3/q+2. The highest BCUT2D eigenvalue weighted by Crippen LogP contribution is 2.08. The third-order valence-electron chi connectivity index (χ3n) is 3.86. The van der Waals surface area contributed by atoms with Gasteiger partial charge in [-0.2, -0.15) is 0 Å². The fourth-order valence-corrected chi connectivity index (χ4v) is 2.42. The molecule has 0 aromatic heterocycles. The van der Waals surface area contributed by atoms with E-state index in [9.17, 15) is 0 Å². The molecule has 0 fully saturated rings. The molecule has 0 heterocycles. The third-order valence-corrected chi connectivity index (χ3v) is 3.86. The molecular weight excluding hydrogens is 232 g/mol. The average Bonchev–Trinajstić information content (AvgIpc) is 2.28. The van der Waals surface area contributed by atoms with Crippen molar-refractivity contribution in [1.29, 1.82) is 0 Å². The number of rotatable bonds is 11. The average molecular weight is 264 g/mol. The SMILES string of the molecule is CCC[N+](C)(CCO)CC[N+](C)(CCO)CCO. The molecule has 110 valence electrons. The van der Waals surface area contributed by atoms with Crippen LogP contribution in [0, 0.1) is 0 Å². The van der Waals surface area contributed by atoms with Crippen LogP contribution in [-0.4, -0.2) is 97.5 Å². The molecule has 0 rings (SSSR count). The summed E-state index contributed by atoms with van der Waals surface area (Å²) in [6.45, 7) is 7.70. The van der Waals surface area contributed by atoms with Crippen molar-refractivity contribution in [2.45, 2.75) is 13.3 Å². The number of aliphatic hydroxyl groups is 3. The van der Waals surface area contributed by atoms with E-state index in [0.717, 1.165) is 37.1 Å². The first-order valence-electron chi connectivity index (χ1n) is 6.95. The molecule has 0 saturated carbocycles. The Hall–Kier alpha value is -0.200. The van der Waals surface area contributed by atoms with Crippen LogP contribution in [0.5, 0.6) is 0 Å². The normalized spacial score (nSPS) is 15.7. The fraction of sp³-hybridized carbons (Fsp3) is 1.00. The van der Waals surface area contributed by atoms with Crippen LogP contribution in [0.2, 0.25) is 0 Å². The molecule has 0 aliphatic heterocycles. The second kappa shape index (κ2) is 8.82. The second-order valence-corrected chi connectivity index (χ2v) is 5.75. The lowest BCUT2D eigenvalue weighted by molar-refractivity contribution is -0.964. The molecule has 1 unspecified atom stereocenters. The molecule has 3 N–H and O–H groups in total. The van der Waals surface area contributed by atoms with Crippen molar-refractivity contribution < 1.29 is 24.3 Å². The molecule has 0 saturated heterocycles. The van der Waals surface area contributed by atoms with E-state index in [4.69, 9.17) is 15.3 Å². The summed E-state index contributed by atoms with van der Waals surface area (Å²) in [5.41, 5.74) is 0. The van der Waals surface area contributed by atoms with Gasteiger partial charge in [-0.15, -0.1) is 0 Å². The number of quaternary nitrogens is 2. The Balaban J connectivity index is 4.44. The first kappa shape index (κ1) is 17.8. The van der Waals surface area contributed by atoms with Crippen molar-refractivity contribution in [2.24, 2.45) is 0 Å². The molecule has 0 aromatic carbocycles. The van der Waals surface area contributed by atoms with Crippen LogP contribution in [0.1, 0.15) is 13.3 Å². The van der Waals surface area contributed by atoms with Crippen molar-refractivity contribution in [2.75, 3.05) is 73.2 Å². The molecule has 0 aliphatic carbocycles. The number of nitrogens with zero attached hydrogens (tertiary/aromatic N) is 2. The molecule has 0 bridgehead atoms. The molecular formula is C13H32N2O3+2. The summed E-state index contributed by atoms with van der Waals surface area (Å²) in [5.74, 6) is 0. The predicted molar refractivity (Wildman–Crippen MR) is 73.1 cm³/mol. The summed E-state index contributed by atoms with van der Waals surface area (Å²) in [4.78, 5) is 0. The van der Waals surface area contributed by atoms with Gasteiger partial charge in [0.2, 0.25) is 0 Å². The van der Waals surface area contributed by atoms with Crippen molar-refractivity contribution in [1.82, 2.24) is 0 Å². The molecule has 18 heavy (non-hydrogen) atoms. The zero-order valence-corrected chi connectivity index (χ0v) is 12.3. The zero-order chi connectivity index (χ0) is 14.1. The molecule has 5 nitrogen and oxygen atoms in total. The van der Waals surface area contributed by atoms with Crippen molar-refractivity contribution >= 4 is 0 Å². The summed E-state index contributed by atoms with van der Waals surface area (Å²) in [6.07, 6.45) is 1.10. The Labute approximate surface area is 111 Å². The maximum absolute atomic E-state index is 9.16. The number of aliphatic hydroxyl groups excluding tert-OH is 3. The van der Waals surface area contributed by atoms with Crippen LogP contribution < -0.4 is 0 Å². The monoisotopic (exact) mass is 264 g/mol. The van der Waals surface area contributed by atoms with Crippen LogP contribution in [0.15, 0.2) is 0 Å². The zero-order valence-electron chi connectivity index (χ0n) is 12.3. The first-order chi connectivity index (χ1) is 8.45. The summed E-state index contributed by atoms with van der Waals surface area (Å²) in [7, 11) is 4.24. The maximum Gasteiger partial charge on any atom is 0.128 e. The van der Waals surface area contributed by atoms with Gasteiger partial charge in [0.05, 0.1) is 40.5 Å². The van der Waals surface area contributed by atoms with E-state index in [1.165, 1.54) is 0 Å². The number of likely N-dealkylation sites (N-methyl/N-ethyl adjacent to an activating group) is 2. The summed E-state index contributed by atoms with van der Waals surface area (Å²) >= 11 is 0. The van der Waals surface area contributed by atoms with Gasteiger partial charge in [-0.05, 0) is 6.42 Å². The third kappa shape index (κ3) is 6.66. The minimum absolute atomic E-state index is 0.147. The number of hydrogen-bond acceptors (Lipinski definition) is 3. The molecule has 0 amide bonds. The van der Waals surface area contributed by atoms with E-state index < -0.39 is 0 Å². The highest BCUT2D eigenvalue weighted by atomic mass is 16.3. The van der Waals surface area contributed by atoms with Crippen LogP contribution in [0.25, 0.3) is 0 Å². The van der Waals surface area contributed by atoms with Gasteiger partial charge in [-0.25, -0.2) is 0 Å². The Morgan fingerprint density at radius 3 is 1.22 bits per heavy atom. The Bertz CT molecular complexity index is 178. The fourth-order valence-electron chi connectivity index (χ4n) is 2.42. The van der Waals surface area contributed by atoms with Gasteiger partial charge in [0.25, 0.3) is 0 Å². The van der Waals surface area contributed by atoms with Crippen molar-refractivity contribution in [3.05, 3.63) is 0 Å². The highest BCUT2D eigenvalue weighted by molar-refractivity contribution is 4.44. The largest absolute Gasteiger partial charge is 0.391 e. The Morgan fingerprint density at radius 1 is 0.611 bits per heavy atom. The van der Waals surface area contributed by atoms with Gasteiger partial charge in [0.15, 0.2) is 0 Å². The molecule has 5 heteroatoms. The van der Waals surface area contributed by atoms with E-state index in [-0.39, 0.29) is 19.8 Å². The van der Waals surface area contributed by atoms with Crippen LogP contribution in [-0.2, 0) is 0 Å². The summed E-state index contributed by atoms with van der Waals surface area (Å²) < 4.78 is 1.55. The summed E-state index contributed by atoms with van der Waals surface area (Å²) in [5, 5.41) is 27.4. The molecule has 0 radical (unpaired) electrons. The maximum atomic E-state index is 9.16. The van der Waals surface area contributed by atoms with Crippen LogP contribution >= 0.6 is 0 Å². The lowest BCUT2D eigenvalue weighted by Gasteiger charge is -2.39. The van der Waals surface area contributed by atoms with Gasteiger partial charge in [-0.3, -0.25) is 0 Å². The minimum atomic E-state index is 0.147. The minimum Gasteiger partial charge on any atom is -0.391 e. The molecule has 0 aliphatic rings. The second-order valence-electron chi connectivity index (χ2n) is 5.75. The van der Waals surface area contributed by atoms with E-state index in [2.05, 4.69) is 21.0 Å². The Kier molecular flexibility index (Phi) is 8.73. The van der Waals surface area contributed by atoms with Crippen molar-refractivity contribution in [3.63, 3.8) is 0 Å². The Morgan fingerprint density at radius 2 is 0.944 bits per heavy atom. The van der Waals surface area contributed by atoms with Gasteiger partial charge < -0.3 is 24.3 Å². The van der Waals surface area contributed by atoms with Gasteiger partial charge in [0.1, 0.15) is 32.7 Å².